The summed E-state index contributed by atoms with van der Waals surface area (Å²) < 4.78 is 34.0. The molecule has 1 heterocycles. The van der Waals surface area contributed by atoms with Crippen molar-refractivity contribution in [2.24, 2.45) is 7.05 Å². The number of ether oxygens (including phenoxy) is 1. The number of anilines is 1. The Morgan fingerprint density at radius 2 is 1.69 bits per heavy atom. The molecular formula is C26H27F2N3O4. The summed E-state index contributed by atoms with van der Waals surface area (Å²) in [6.45, 7) is 4.85. The molecule has 35 heavy (non-hydrogen) atoms. The topological polar surface area (TPSA) is 80.6 Å². The van der Waals surface area contributed by atoms with Crippen LogP contribution in [0, 0.1) is 25.5 Å². The van der Waals surface area contributed by atoms with Gasteiger partial charge in [-0.05, 0) is 56.2 Å². The molecule has 0 saturated heterocycles. The van der Waals surface area contributed by atoms with Gasteiger partial charge in [0.1, 0.15) is 17.3 Å². The molecule has 1 atom stereocenters. The van der Waals surface area contributed by atoms with Crippen LogP contribution in [0.4, 0.5) is 19.3 Å². The van der Waals surface area contributed by atoms with Crippen LogP contribution in [0.3, 0.4) is 0 Å². The number of para-hydroxylation sites is 1. The summed E-state index contributed by atoms with van der Waals surface area (Å²) in [5.41, 5.74) is 2.04. The van der Waals surface area contributed by atoms with Crippen molar-refractivity contribution in [3.63, 3.8) is 0 Å². The van der Waals surface area contributed by atoms with Crippen molar-refractivity contribution in [1.29, 1.82) is 0 Å². The first kappa shape index (κ1) is 25.6. The molecule has 2 aromatic carbocycles. The van der Waals surface area contributed by atoms with Crippen LogP contribution < -0.4 is 5.32 Å². The number of ketones is 1. The summed E-state index contributed by atoms with van der Waals surface area (Å²) in [6, 6.07) is 9.48. The zero-order chi connectivity index (χ0) is 25.9. The summed E-state index contributed by atoms with van der Waals surface area (Å²) in [4.78, 5) is 40.4. The lowest BCUT2D eigenvalue weighted by Crippen LogP contribution is -2.45. The Kier molecular flexibility index (Phi) is 7.68. The molecule has 0 radical (unpaired) electrons. The number of methoxy groups -OCH3 is 1. The maximum absolute atomic E-state index is 14.2. The number of Topliss-reactive ketones (excluding diaryl/α,β-unsaturated/α-hetero) is 1. The average molecular weight is 484 g/mol. The first-order valence-corrected chi connectivity index (χ1v) is 10.9. The van der Waals surface area contributed by atoms with Gasteiger partial charge >= 0.3 is 12.0 Å². The molecule has 9 heteroatoms. The van der Waals surface area contributed by atoms with Gasteiger partial charge in [-0.25, -0.2) is 18.4 Å². The van der Waals surface area contributed by atoms with Crippen molar-refractivity contribution >= 4 is 23.5 Å². The minimum absolute atomic E-state index is 0.0394. The van der Waals surface area contributed by atoms with Gasteiger partial charge in [0.25, 0.3) is 0 Å². The number of carbonyl (C=O) groups excluding carboxylic acids is 3. The minimum atomic E-state index is -1.00. The second-order valence-corrected chi connectivity index (χ2v) is 8.19. The summed E-state index contributed by atoms with van der Waals surface area (Å²) in [7, 11) is 2.91. The third-order valence-electron chi connectivity index (χ3n) is 6.05. The molecule has 1 unspecified atom stereocenters. The van der Waals surface area contributed by atoms with Crippen LogP contribution in [0.15, 0.2) is 48.5 Å². The molecule has 2 amide bonds. The smallest absolute Gasteiger partial charge is 0.354 e. The maximum Gasteiger partial charge on any atom is 0.354 e. The number of urea groups is 1. The van der Waals surface area contributed by atoms with E-state index >= 15 is 0 Å². The number of esters is 1. The highest BCUT2D eigenvalue weighted by Gasteiger charge is 2.33. The highest BCUT2D eigenvalue weighted by molar-refractivity contribution is 6.07. The van der Waals surface area contributed by atoms with Crippen molar-refractivity contribution in [2.75, 3.05) is 12.4 Å². The summed E-state index contributed by atoms with van der Waals surface area (Å²) in [5, 5.41) is 2.51. The van der Waals surface area contributed by atoms with Crippen molar-refractivity contribution in [1.82, 2.24) is 9.47 Å². The molecule has 0 aliphatic carbocycles. The van der Waals surface area contributed by atoms with Crippen molar-refractivity contribution in [3.8, 4) is 0 Å². The van der Waals surface area contributed by atoms with Crippen molar-refractivity contribution in [3.05, 3.63) is 88.2 Å². The molecule has 7 nitrogen and oxygen atoms in total. The van der Waals surface area contributed by atoms with Gasteiger partial charge < -0.3 is 19.5 Å². The zero-order valence-electron chi connectivity index (χ0n) is 20.2. The fraction of sp³-hybridized carbons (Fsp3) is 0.269. The number of carbonyl (C=O) groups is 3. The van der Waals surface area contributed by atoms with Crippen LogP contribution in [-0.4, -0.2) is 40.4 Å². The highest BCUT2D eigenvalue weighted by atomic mass is 19.1. The molecule has 3 rings (SSSR count). The van der Waals surface area contributed by atoms with Crippen LogP contribution in [0.25, 0.3) is 0 Å². The predicted molar refractivity (Wildman–Crippen MR) is 127 cm³/mol. The van der Waals surface area contributed by atoms with E-state index in [1.807, 2.05) is 0 Å². The highest BCUT2D eigenvalue weighted by Crippen LogP contribution is 2.26. The molecule has 0 aliphatic rings. The Bertz CT molecular complexity index is 1270. The molecule has 184 valence electrons. The van der Waals surface area contributed by atoms with Crippen LogP contribution in [0.5, 0.6) is 0 Å². The van der Waals surface area contributed by atoms with E-state index in [9.17, 15) is 23.2 Å². The SMILES string of the molecule is COC(=O)c1c(C)c(C(=O)C(C)N(Cc2ccc(F)cc2)C(=O)Nc2ccccc2F)c(C)n1C. The number of benzene rings is 2. The predicted octanol–water partition coefficient (Wildman–Crippen LogP) is 5.01. The molecule has 1 N–H and O–H groups in total. The van der Waals surface area contributed by atoms with Gasteiger partial charge in [-0.2, -0.15) is 0 Å². The van der Waals surface area contributed by atoms with E-state index < -0.39 is 35.5 Å². The van der Waals surface area contributed by atoms with E-state index in [2.05, 4.69) is 5.32 Å². The quantitative estimate of drug-likeness (QED) is 0.378. The van der Waals surface area contributed by atoms with Gasteiger partial charge in [-0.3, -0.25) is 4.79 Å². The lowest BCUT2D eigenvalue weighted by molar-refractivity contribution is 0.0588. The number of hydrogen-bond acceptors (Lipinski definition) is 4. The Morgan fingerprint density at radius 3 is 2.29 bits per heavy atom. The lowest BCUT2D eigenvalue weighted by Gasteiger charge is -2.29. The monoisotopic (exact) mass is 483 g/mol. The van der Waals surface area contributed by atoms with E-state index in [1.165, 1.54) is 54.5 Å². The molecule has 3 aromatic rings. The number of halogens is 2. The third-order valence-corrected chi connectivity index (χ3v) is 6.05. The van der Waals surface area contributed by atoms with Crippen LogP contribution in [-0.2, 0) is 18.3 Å². The van der Waals surface area contributed by atoms with E-state index in [-0.39, 0.29) is 17.9 Å². The molecule has 0 aliphatic heterocycles. The minimum Gasteiger partial charge on any atom is -0.464 e. The average Bonchev–Trinajstić information content (AvgIpc) is 3.06. The van der Waals surface area contributed by atoms with Gasteiger partial charge in [0, 0.05) is 24.8 Å². The van der Waals surface area contributed by atoms with Crippen molar-refractivity contribution in [2.45, 2.75) is 33.4 Å². The van der Waals surface area contributed by atoms with Gasteiger partial charge in [-0.15, -0.1) is 0 Å². The number of nitrogens with one attached hydrogen (secondary N) is 1. The van der Waals surface area contributed by atoms with Gasteiger partial charge in [0.05, 0.1) is 18.8 Å². The molecule has 0 spiro atoms. The second-order valence-electron chi connectivity index (χ2n) is 8.19. The third kappa shape index (κ3) is 5.24. The van der Waals surface area contributed by atoms with Gasteiger partial charge in [-0.1, -0.05) is 24.3 Å². The molecule has 0 fully saturated rings. The molecule has 1 aromatic heterocycles. The Hall–Kier alpha value is -4.01. The summed E-state index contributed by atoms with van der Waals surface area (Å²) in [5.74, 6) is -2.05. The molecular weight excluding hydrogens is 456 g/mol. The number of amides is 2. The number of rotatable bonds is 7. The Morgan fingerprint density at radius 1 is 1.06 bits per heavy atom. The standard InChI is InChI=1S/C26H27F2N3O4/c1-15-22(16(2)30(4)23(15)25(33)35-5)24(32)17(3)31(14-18-10-12-19(27)13-11-18)26(34)29-21-9-7-6-8-20(21)28/h6-13,17H,14H2,1-5H3,(H,29,34). The fourth-order valence-electron chi connectivity index (χ4n) is 4.00. The first-order chi connectivity index (χ1) is 16.6. The first-order valence-electron chi connectivity index (χ1n) is 10.9. The molecule has 0 bridgehead atoms. The zero-order valence-corrected chi connectivity index (χ0v) is 20.2. The van der Waals surface area contributed by atoms with Gasteiger partial charge in [0.15, 0.2) is 5.78 Å². The summed E-state index contributed by atoms with van der Waals surface area (Å²) in [6.07, 6.45) is 0. The van der Waals surface area contributed by atoms with E-state index in [0.717, 1.165) is 0 Å². The van der Waals surface area contributed by atoms with Crippen LogP contribution in [0.1, 0.15) is 44.6 Å². The lowest BCUT2D eigenvalue weighted by atomic mass is 9.99. The van der Waals surface area contributed by atoms with Crippen molar-refractivity contribution < 1.29 is 27.9 Å². The largest absolute Gasteiger partial charge is 0.464 e. The number of nitrogens with zero attached hydrogens (tertiary/aromatic N) is 2. The Balaban J connectivity index is 2.00. The Labute approximate surface area is 202 Å². The fourth-order valence-corrected chi connectivity index (χ4v) is 4.00. The van der Waals surface area contributed by atoms with Crippen LogP contribution >= 0.6 is 0 Å². The number of hydrogen-bond donors (Lipinski definition) is 1. The second kappa shape index (κ2) is 10.5. The normalized spacial score (nSPS) is 11.6. The number of aromatic nitrogens is 1. The van der Waals surface area contributed by atoms with Crippen LogP contribution in [0.2, 0.25) is 0 Å². The van der Waals surface area contributed by atoms with E-state index in [1.54, 1.807) is 38.5 Å². The summed E-state index contributed by atoms with van der Waals surface area (Å²) >= 11 is 0. The maximum atomic E-state index is 14.2. The van der Waals surface area contributed by atoms with E-state index in [0.29, 0.717) is 22.4 Å². The van der Waals surface area contributed by atoms with E-state index in [4.69, 9.17) is 4.74 Å². The van der Waals surface area contributed by atoms with Gasteiger partial charge in [0.2, 0.25) is 0 Å². The molecule has 0 saturated carbocycles.